The van der Waals surface area contributed by atoms with Crippen LogP contribution >= 0.6 is 0 Å². The molecule has 2 atom stereocenters. The Hall–Kier alpha value is -6.56. The molecule has 0 aromatic heterocycles. The summed E-state index contributed by atoms with van der Waals surface area (Å²) in [6.45, 7) is 33.8. The van der Waals surface area contributed by atoms with Crippen molar-refractivity contribution in [2.45, 2.75) is 155 Å². The van der Waals surface area contributed by atoms with E-state index in [-0.39, 0.29) is 39.3 Å². The average molecular weight is 1020 g/mol. The number of hydrogen-bond donors (Lipinski definition) is 0. The third-order valence-corrected chi connectivity index (χ3v) is 24.3. The number of fused-ring (bicyclic) bond motifs is 3. The van der Waals surface area contributed by atoms with Crippen molar-refractivity contribution in [2.24, 2.45) is 0 Å². The Morgan fingerprint density at radius 1 is 0.390 bits per heavy atom. The van der Waals surface area contributed by atoms with Crippen LogP contribution in [0.3, 0.4) is 0 Å². The van der Waals surface area contributed by atoms with Crippen LogP contribution in [-0.4, -0.2) is 20.3 Å². The summed E-state index contributed by atoms with van der Waals surface area (Å²) in [5, 5.41) is 5.86. The van der Waals surface area contributed by atoms with Crippen molar-refractivity contribution in [1.29, 1.82) is 0 Å². The van der Waals surface area contributed by atoms with Crippen LogP contribution in [0.25, 0.3) is 0 Å². The first-order valence-electron chi connectivity index (χ1n) is 28.8. The van der Waals surface area contributed by atoms with Crippen LogP contribution in [0.1, 0.15) is 150 Å². The monoisotopic (exact) mass is 1020 g/mol. The van der Waals surface area contributed by atoms with E-state index in [1.807, 2.05) is 0 Å². The molecule has 0 amide bonds. The fourth-order valence-corrected chi connectivity index (χ4v) is 20.4. The average Bonchev–Trinajstić information content (AvgIpc) is 3.26. The second kappa shape index (κ2) is 16.7. The van der Waals surface area contributed by atoms with Crippen LogP contribution in [0.4, 0.5) is 45.5 Å². The molecular formula is C72H78BN3Si. The zero-order chi connectivity index (χ0) is 54.0. The highest BCUT2D eigenvalue weighted by atomic mass is 28.3. The minimum absolute atomic E-state index is 0.00337. The first-order valence-corrected chi connectivity index (χ1v) is 30.8. The first kappa shape index (κ1) is 50.0. The molecule has 1 aliphatic carbocycles. The maximum absolute atomic E-state index is 3.11. The summed E-state index contributed by atoms with van der Waals surface area (Å²) in [6.07, 6.45) is 4.79. The van der Waals surface area contributed by atoms with Crippen LogP contribution in [0.2, 0.25) is 0 Å². The van der Waals surface area contributed by atoms with Crippen molar-refractivity contribution in [3.63, 3.8) is 0 Å². The first-order chi connectivity index (χ1) is 36.5. The van der Waals surface area contributed by atoms with Gasteiger partial charge in [0, 0.05) is 50.9 Å². The van der Waals surface area contributed by atoms with Gasteiger partial charge in [-0.3, -0.25) is 0 Å². The molecule has 8 aromatic carbocycles. The Balaban J connectivity index is 1.24. The predicted molar refractivity (Wildman–Crippen MR) is 335 cm³/mol. The summed E-state index contributed by atoms with van der Waals surface area (Å²) in [5.41, 5.74) is 21.1. The molecule has 77 heavy (non-hydrogen) atoms. The number of nitrogens with zero attached hydrogens (tertiary/aromatic N) is 3. The molecule has 0 radical (unpaired) electrons. The van der Waals surface area contributed by atoms with Crippen molar-refractivity contribution in [3.8, 4) is 0 Å². The highest BCUT2D eigenvalue weighted by Crippen LogP contribution is 2.62. The summed E-state index contributed by atoms with van der Waals surface area (Å²) < 4.78 is 0. The van der Waals surface area contributed by atoms with E-state index >= 15 is 0 Å². The Labute approximate surface area is 462 Å². The second-order valence-electron chi connectivity index (χ2n) is 28.2. The van der Waals surface area contributed by atoms with E-state index in [9.17, 15) is 0 Å². The van der Waals surface area contributed by atoms with E-state index in [0.29, 0.717) is 0 Å². The lowest BCUT2D eigenvalue weighted by Gasteiger charge is -2.53. The van der Waals surface area contributed by atoms with Gasteiger partial charge >= 0.3 is 0 Å². The van der Waals surface area contributed by atoms with Crippen molar-refractivity contribution in [1.82, 2.24) is 0 Å². The van der Waals surface area contributed by atoms with Gasteiger partial charge in [0.25, 0.3) is 6.71 Å². The third-order valence-electron chi connectivity index (χ3n) is 19.4. The minimum Gasteiger partial charge on any atom is -0.334 e. The van der Waals surface area contributed by atoms with Crippen LogP contribution in [0, 0.1) is 0 Å². The maximum atomic E-state index is 2.82. The molecule has 4 heterocycles. The number of anilines is 8. The van der Waals surface area contributed by atoms with Crippen LogP contribution in [0.15, 0.2) is 170 Å². The molecular weight excluding hydrogens is 946 g/mol. The largest absolute Gasteiger partial charge is 0.334 e. The summed E-state index contributed by atoms with van der Waals surface area (Å²) in [7, 11) is -3.11. The van der Waals surface area contributed by atoms with Gasteiger partial charge in [0.2, 0.25) is 0 Å². The van der Waals surface area contributed by atoms with Crippen molar-refractivity contribution < 1.29 is 0 Å². The zero-order valence-electron chi connectivity index (χ0n) is 48.4. The van der Waals surface area contributed by atoms with E-state index < -0.39 is 8.07 Å². The van der Waals surface area contributed by atoms with E-state index in [1.165, 1.54) is 130 Å². The van der Waals surface area contributed by atoms with Gasteiger partial charge in [0.15, 0.2) is 8.07 Å². The lowest BCUT2D eigenvalue weighted by molar-refractivity contribution is 0.195. The van der Waals surface area contributed by atoms with Crippen molar-refractivity contribution in [2.75, 3.05) is 14.7 Å². The lowest BCUT2D eigenvalue weighted by Crippen LogP contribution is -2.88. The quantitative estimate of drug-likeness (QED) is 0.159. The number of para-hydroxylation sites is 1. The van der Waals surface area contributed by atoms with Gasteiger partial charge in [0.05, 0.1) is 5.54 Å². The summed E-state index contributed by atoms with van der Waals surface area (Å²) in [4.78, 5) is 8.32. The highest BCUT2D eigenvalue weighted by molar-refractivity contribution is 7.27. The summed E-state index contributed by atoms with van der Waals surface area (Å²) in [5.74, 6) is 0. The molecule has 0 spiro atoms. The fourth-order valence-electron chi connectivity index (χ4n) is 15.0. The topological polar surface area (TPSA) is 9.72 Å². The lowest BCUT2D eigenvalue weighted by atomic mass is 9.33. The van der Waals surface area contributed by atoms with Gasteiger partial charge in [-0.25, -0.2) is 0 Å². The molecule has 0 N–H and O–H groups in total. The van der Waals surface area contributed by atoms with E-state index in [4.69, 9.17) is 0 Å². The van der Waals surface area contributed by atoms with Crippen LogP contribution in [-0.2, 0) is 27.1 Å². The molecule has 2 unspecified atom stereocenters. The SMILES string of the molecule is CC(C)(C)c1ccc(N2c3cc(N4c5ccccc5C5(C)CCCCC45C)cc4c3B3c5c(cccc5[Si](c5ccccc5)(c5ccccc5)c5cc(C(C)(C)C)cc2c53)N4c2cc(C(C)(C)C)cc(C(C)(C)C)c2)cc1. The standard InChI is InChI=1S/C72H78BN3Si/c1-67(2,3)47-34-36-51(37-35-47)74-59-43-50(70(10,11)12)44-63-66(59)73-64-60(74)45-53(76-57-31-22-21-30-56(57)71(13)38-23-24-39-72(71,76)14)46-61(64)75(52-41-48(68(4,5)6)40-49(42-52)69(7,8)9)58-32-25-33-62(65(58)73)77(63,54-26-17-15-18-27-54)55-28-19-16-20-29-55/h15-22,25-37,40-46H,23-24,38-39H2,1-14H3. The molecule has 1 fully saturated rings. The normalized spacial score (nSPS) is 20.0. The number of benzene rings is 8. The van der Waals surface area contributed by atoms with Crippen molar-refractivity contribution >= 4 is 97.4 Å². The van der Waals surface area contributed by atoms with Gasteiger partial charge in [-0.05, 0) is 161 Å². The molecule has 3 nitrogen and oxygen atoms in total. The molecule has 0 bridgehead atoms. The van der Waals surface area contributed by atoms with Crippen LogP contribution < -0.4 is 51.8 Å². The van der Waals surface area contributed by atoms with Gasteiger partial charge in [-0.1, -0.05) is 218 Å². The third kappa shape index (κ3) is 7.13. The van der Waals surface area contributed by atoms with Crippen molar-refractivity contribution in [3.05, 3.63) is 198 Å². The molecule has 8 aromatic rings. The van der Waals surface area contributed by atoms with Gasteiger partial charge in [-0.15, -0.1) is 0 Å². The predicted octanol–water partition coefficient (Wildman–Crippen LogP) is 14.4. The minimum atomic E-state index is -3.11. The van der Waals surface area contributed by atoms with Gasteiger partial charge in [0.1, 0.15) is 0 Å². The maximum Gasteiger partial charge on any atom is 0.251 e. The molecule has 388 valence electrons. The number of rotatable bonds is 5. The number of hydrogen-bond acceptors (Lipinski definition) is 3. The van der Waals surface area contributed by atoms with Gasteiger partial charge < -0.3 is 14.7 Å². The fraction of sp³-hybridized carbons (Fsp3) is 0.333. The van der Waals surface area contributed by atoms with E-state index in [0.717, 1.165) is 6.42 Å². The highest BCUT2D eigenvalue weighted by Gasteiger charge is 2.60. The zero-order valence-corrected chi connectivity index (χ0v) is 49.4. The molecule has 5 heteroatoms. The molecule has 5 aliphatic rings. The Morgan fingerprint density at radius 3 is 1.47 bits per heavy atom. The molecule has 4 aliphatic heterocycles. The molecule has 13 rings (SSSR count). The second-order valence-corrected chi connectivity index (χ2v) is 31.9. The Morgan fingerprint density at radius 2 is 0.883 bits per heavy atom. The van der Waals surface area contributed by atoms with Gasteiger partial charge in [-0.2, -0.15) is 0 Å². The van der Waals surface area contributed by atoms with Crippen LogP contribution in [0.5, 0.6) is 0 Å². The molecule has 0 saturated heterocycles. The smallest absolute Gasteiger partial charge is 0.251 e. The Kier molecular flexibility index (Phi) is 10.9. The van der Waals surface area contributed by atoms with E-state index in [2.05, 4.69) is 281 Å². The molecule has 1 saturated carbocycles. The van der Waals surface area contributed by atoms with E-state index in [1.54, 1.807) is 0 Å². The Bertz CT molecular complexity index is 3610. The summed E-state index contributed by atoms with van der Waals surface area (Å²) >= 11 is 0. The summed E-state index contributed by atoms with van der Waals surface area (Å²) in [6, 6.07) is 68.2.